The molecule has 2 aliphatic rings. The highest BCUT2D eigenvalue weighted by Gasteiger charge is 2.48. The van der Waals surface area contributed by atoms with Crippen molar-refractivity contribution >= 4 is 5.97 Å². The second kappa shape index (κ2) is 7.38. The zero-order chi connectivity index (χ0) is 14.4. The van der Waals surface area contributed by atoms with E-state index >= 15 is 0 Å². The van der Waals surface area contributed by atoms with Gasteiger partial charge in [-0.25, -0.2) is 0 Å². The van der Waals surface area contributed by atoms with Gasteiger partial charge in [-0.05, 0) is 38.1 Å². The van der Waals surface area contributed by atoms with Crippen LogP contribution in [-0.4, -0.2) is 49.6 Å². The number of carbonyl (C=O) groups is 1. The standard InChI is InChI=1S/C15H27NO4/c1-2-16-15(14(17)18)7-3-4-13(15)6-9-20-11-12-5-8-19-10-12/h12-13,16H,2-11H2,1H3,(H,17,18). The molecule has 5 heteroatoms. The second-order valence-corrected chi connectivity index (χ2v) is 5.99. The van der Waals surface area contributed by atoms with Crippen LogP contribution in [-0.2, 0) is 14.3 Å². The molecule has 1 aliphatic heterocycles. The van der Waals surface area contributed by atoms with Gasteiger partial charge in [0.1, 0.15) is 5.54 Å². The Bertz CT molecular complexity index is 317. The van der Waals surface area contributed by atoms with Crippen molar-refractivity contribution in [3.05, 3.63) is 0 Å². The van der Waals surface area contributed by atoms with Crippen LogP contribution in [0.15, 0.2) is 0 Å². The highest BCUT2D eigenvalue weighted by atomic mass is 16.5. The molecular formula is C15H27NO4. The van der Waals surface area contributed by atoms with Gasteiger partial charge in [-0.2, -0.15) is 0 Å². The first kappa shape index (κ1) is 15.7. The predicted octanol–water partition coefficient (Wildman–Crippen LogP) is 1.66. The van der Waals surface area contributed by atoms with Gasteiger partial charge in [-0.3, -0.25) is 4.79 Å². The zero-order valence-corrected chi connectivity index (χ0v) is 12.4. The first-order valence-electron chi connectivity index (χ1n) is 7.83. The molecule has 20 heavy (non-hydrogen) atoms. The van der Waals surface area contributed by atoms with E-state index in [2.05, 4.69) is 5.32 Å². The van der Waals surface area contributed by atoms with E-state index in [4.69, 9.17) is 9.47 Å². The van der Waals surface area contributed by atoms with Crippen molar-refractivity contribution in [3.63, 3.8) is 0 Å². The third-order valence-corrected chi connectivity index (χ3v) is 4.68. The molecule has 1 saturated carbocycles. The number of hydrogen-bond acceptors (Lipinski definition) is 4. The number of rotatable bonds is 8. The highest BCUT2D eigenvalue weighted by molar-refractivity contribution is 5.79. The lowest BCUT2D eigenvalue weighted by Gasteiger charge is -2.32. The summed E-state index contributed by atoms with van der Waals surface area (Å²) in [4.78, 5) is 11.6. The lowest BCUT2D eigenvalue weighted by molar-refractivity contribution is -0.146. The van der Waals surface area contributed by atoms with E-state index in [1.165, 1.54) is 0 Å². The number of nitrogens with one attached hydrogen (secondary N) is 1. The summed E-state index contributed by atoms with van der Waals surface area (Å²) in [7, 11) is 0. The monoisotopic (exact) mass is 285 g/mol. The molecule has 5 nitrogen and oxygen atoms in total. The maximum absolute atomic E-state index is 11.6. The maximum Gasteiger partial charge on any atom is 0.324 e. The van der Waals surface area contributed by atoms with Gasteiger partial charge >= 0.3 is 5.97 Å². The fourth-order valence-corrected chi connectivity index (χ4v) is 3.56. The minimum Gasteiger partial charge on any atom is -0.480 e. The van der Waals surface area contributed by atoms with Gasteiger partial charge in [0, 0.05) is 19.1 Å². The van der Waals surface area contributed by atoms with E-state index in [0.717, 1.165) is 51.9 Å². The van der Waals surface area contributed by atoms with Crippen molar-refractivity contribution in [1.29, 1.82) is 0 Å². The summed E-state index contributed by atoms with van der Waals surface area (Å²) < 4.78 is 11.0. The summed E-state index contributed by atoms with van der Waals surface area (Å²) in [5.41, 5.74) is -0.728. The third-order valence-electron chi connectivity index (χ3n) is 4.68. The first-order chi connectivity index (χ1) is 9.69. The van der Waals surface area contributed by atoms with E-state index in [0.29, 0.717) is 19.1 Å². The fraction of sp³-hybridized carbons (Fsp3) is 0.933. The van der Waals surface area contributed by atoms with Crippen LogP contribution in [0.1, 0.15) is 39.0 Å². The molecule has 3 unspecified atom stereocenters. The smallest absolute Gasteiger partial charge is 0.324 e. The molecule has 0 aromatic carbocycles. The Balaban J connectivity index is 1.76. The van der Waals surface area contributed by atoms with Crippen LogP contribution >= 0.6 is 0 Å². The minimum absolute atomic E-state index is 0.180. The normalized spacial score (nSPS) is 33.6. The fourth-order valence-electron chi connectivity index (χ4n) is 3.56. The van der Waals surface area contributed by atoms with E-state index < -0.39 is 11.5 Å². The van der Waals surface area contributed by atoms with Crippen molar-refractivity contribution < 1.29 is 19.4 Å². The molecule has 0 radical (unpaired) electrons. The Kier molecular flexibility index (Phi) is 5.81. The molecule has 2 N–H and O–H groups in total. The zero-order valence-electron chi connectivity index (χ0n) is 12.4. The molecule has 0 bridgehead atoms. The molecule has 0 aromatic rings. The van der Waals surface area contributed by atoms with E-state index in [1.807, 2.05) is 6.92 Å². The summed E-state index contributed by atoms with van der Waals surface area (Å²) in [5, 5.41) is 12.8. The van der Waals surface area contributed by atoms with Crippen molar-refractivity contribution in [1.82, 2.24) is 5.32 Å². The van der Waals surface area contributed by atoms with Crippen LogP contribution in [0.25, 0.3) is 0 Å². The van der Waals surface area contributed by atoms with Crippen LogP contribution < -0.4 is 5.32 Å². The SMILES string of the molecule is CCNC1(C(=O)O)CCCC1CCOCC1CCOC1. The minimum atomic E-state index is -0.728. The Hall–Kier alpha value is -0.650. The number of ether oxygens (including phenoxy) is 2. The quantitative estimate of drug-likeness (QED) is 0.664. The lowest BCUT2D eigenvalue weighted by Crippen LogP contribution is -2.54. The van der Waals surface area contributed by atoms with E-state index in [9.17, 15) is 9.90 Å². The van der Waals surface area contributed by atoms with Gasteiger partial charge in [-0.15, -0.1) is 0 Å². The van der Waals surface area contributed by atoms with Gasteiger partial charge in [0.05, 0.1) is 13.2 Å². The second-order valence-electron chi connectivity index (χ2n) is 5.99. The van der Waals surface area contributed by atoms with Gasteiger partial charge < -0.3 is 19.9 Å². The molecule has 1 heterocycles. The van der Waals surface area contributed by atoms with Crippen molar-refractivity contribution in [2.45, 2.75) is 44.6 Å². The Morgan fingerprint density at radius 2 is 2.35 bits per heavy atom. The lowest BCUT2D eigenvalue weighted by atomic mass is 9.84. The molecule has 0 spiro atoms. The van der Waals surface area contributed by atoms with Crippen molar-refractivity contribution in [2.24, 2.45) is 11.8 Å². The topological polar surface area (TPSA) is 67.8 Å². The molecule has 0 aromatic heterocycles. The van der Waals surface area contributed by atoms with Gasteiger partial charge in [0.25, 0.3) is 0 Å². The molecule has 0 amide bonds. The number of hydrogen-bond donors (Lipinski definition) is 2. The predicted molar refractivity (Wildman–Crippen MR) is 75.7 cm³/mol. The van der Waals surface area contributed by atoms with Crippen LogP contribution in [0.3, 0.4) is 0 Å². The van der Waals surface area contributed by atoms with Gasteiger partial charge in [-0.1, -0.05) is 13.3 Å². The van der Waals surface area contributed by atoms with Crippen LogP contribution in [0, 0.1) is 11.8 Å². The maximum atomic E-state index is 11.6. The molecule has 1 saturated heterocycles. The van der Waals surface area contributed by atoms with Crippen molar-refractivity contribution in [2.75, 3.05) is 33.0 Å². The largest absolute Gasteiger partial charge is 0.480 e. The van der Waals surface area contributed by atoms with Crippen LogP contribution in [0.5, 0.6) is 0 Å². The van der Waals surface area contributed by atoms with Gasteiger partial charge in [0.2, 0.25) is 0 Å². The summed E-state index contributed by atoms with van der Waals surface area (Å²) in [6.45, 7) is 5.72. The Labute approximate surface area is 121 Å². The molecule has 3 atom stereocenters. The Morgan fingerprint density at radius 1 is 1.50 bits per heavy atom. The molecule has 116 valence electrons. The summed E-state index contributed by atoms with van der Waals surface area (Å²) in [6, 6.07) is 0. The van der Waals surface area contributed by atoms with E-state index in [-0.39, 0.29) is 5.92 Å². The van der Waals surface area contributed by atoms with Crippen molar-refractivity contribution in [3.8, 4) is 0 Å². The summed E-state index contributed by atoms with van der Waals surface area (Å²) in [6.07, 6.45) is 4.61. The molecule has 2 fully saturated rings. The average molecular weight is 285 g/mol. The van der Waals surface area contributed by atoms with Gasteiger partial charge in [0.15, 0.2) is 0 Å². The number of likely N-dealkylation sites (N-methyl/N-ethyl adjacent to an activating group) is 1. The first-order valence-corrected chi connectivity index (χ1v) is 7.83. The average Bonchev–Trinajstić information content (AvgIpc) is 3.05. The third kappa shape index (κ3) is 3.51. The summed E-state index contributed by atoms with van der Waals surface area (Å²) in [5.74, 6) is 0.00222. The van der Waals surface area contributed by atoms with Crippen LogP contribution in [0.4, 0.5) is 0 Å². The molecule has 2 rings (SSSR count). The molecular weight excluding hydrogens is 258 g/mol. The Morgan fingerprint density at radius 3 is 3.00 bits per heavy atom. The highest BCUT2D eigenvalue weighted by Crippen LogP contribution is 2.38. The number of aliphatic carboxylic acids is 1. The van der Waals surface area contributed by atoms with Crippen LogP contribution in [0.2, 0.25) is 0 Å². The summed E-state index contributed by atoms with van der Waals surface area (Å²) >= 11 is 0. The number of carboxylic acids is 1. The number of carboxylic acid groups (broad SMARTS) is 1. The molecule has 1 aliphatic carbocycles. The van der Waals surface area contributed by atoms with E-state index in [1.54, 1.807) is 0 Å².